The monoisotopic (exact) mass is 127 g/mol. The van der Waals surface area contributed by atoms with Crippen molar-refractivity contribution in [3.63, 3.8) is 0 Å². The fourth-order valence-electron chi connectivity index (χ4n) is 0.0781. The Morgan fingerprint density at radius 2 is 2.50 bits per heavy atom. The lowest BCUT2D eigenvalue weighted by Gasteiger charge is -1.67. The normalized spacial score (nSPS) is 13.3. The van der Waals surface area contributed by atoms with Crippen LogP contribution in [0.3, 0.4) is 0 Å². The molecule has 0 bridgehead atoms. The molecule has 0 heterocycles. The lowest BCUT2D eigenvalue weighted by Crippen LogP contribution is -1.52. The first-order valence-electron chi connectivity index (χ1n) is 1.27. The highest BCUT2D eigenvalue weighted by atomic mass is 31.2. The maximum Gasteiger partial charge on any atom is 0.697 e. The Hall–Kier alpha value is 0.450. The maximum absolute atomic E-state index is 9.53. The van der Waals surface area contributed by atoms with Gasteiger partial charge in [0.2, 0.25) is 0 Å². The van der Waals surface area contributed by atoms with E-state index in [0.29, 0.717) is 0 Å². The van der Waals surface area contributed by atoms with Crippen molar-refractivity contribution in [1.82, 2.24) is 0 Å². The average molecular weight is 127 g/mol. The van der Waals surface area contributed by atoms with Gasteiger partial charge in [0.05, 0.1) is 8.81 Å². The molecule has 3 nitrogen and oxygen atoms in total. The maximum atomic E-state index is 9.53. The second kappa shape index (κ2) is 3.63. The second-order valence-electron chi connectivity index (χ2n) is 0.533. The topological polar surface area (TPSA) is 46.5 Å². The molecule has 0 aromatic heterocycles. The molecule has 0 aliphatic carbocycles. The minimum atomic E-state index is -2.34. The summed E-state index contributed by atoms with van der Waals surface area (Å²) in [7, 11) is -2.23. The molecule has 0 aromatic rings. The van der Waals surface area contributed by atoms with Gasteiger partial charge >= 0.3 is 8.25 Å². The second-order valence-corrected chi connectivity index (χ2v) is 2.15. The van der Waals surface area contributed by atoms with Crippen molar-refractivity contribution in [3.8, 4) is 0 Å². The Morgan fingerprint density at radius 1 is 2.00 bits per heavy atom. The van der Waals surface area contributed by atoms with Gasteiger partial charge in [-0.1, -0.05) is 0 Å². The summed E-state index contributed by atoms with van der Waals surface area (Å²) >= 11 is 0. The minimum Gasteiger partial charge on any atom is -0.133 e. The molecule has 0 spiro atoms. The molecule has 0 aliphatic rings. The van der Waals surface area contributed by atoms with Gasteiger partial charge in [-0.25, -0.2) is 0 Å². The van der Waals surface area contributed by atoms with Gasteiger partial charge in [0.25, 0.3) is 0 Å². The smallest absolute Gasteiger partial charge is 0.133 e. The van der Waals surface area contributed by atoms with Crippen LogP contribution in [-0.2, 0) is 8.88 Å². The van der Waals surface area contributed by atoms with Crippen molar-refractivity contribution in [2.24, 2.45) is 0 Å². The van der Waals surface area contributed by atoms with E-state index in [1.165, 1.54) is 0 Å². The molecule has 0 fully saturated rings. The summed E-state index contributed by atoms with van der Waals surface area (Å²) in [5.74, 6) is 0. The van der Waals surface area contributed by atoms with Crippen LogP contribution < -0.4 is 0 Å². The van der Waals surface area contributed by atoms with Crippen LogP contribution in [-0.4, -0.2) is 11.6 Å². The number of hydrogen-bond donors (Lipinski definition) is 1. The molecule has 0 amide bonds. The lowest BCUT2D eigenvalue weighted by molar-refractivity contribution is 0.430. The van der Waals surface area contributed by atoms with E-state index in [-0.39, 0.29) is 8.81 Å². The van der Waals surface area contributed by atoms with E-state index >= 15 is 0 Å². The van der Waals surface area contributed by atoms with Crippen LogP contribution in [0.2, 0.25) is 0 Å². The van der Waals surface area contributed by atoms with Gasteiger partial charge in [0, 0.05) is 4.57 Å². The zero-order valence-electron chi connectivity index (χ0n) is 3.21. The van der Waals surface area contributed by atoms with E-state index in [9.17, 15) is 4.57 Å². The Balaban J connectivity index is 2.83. The van der Waals surface area contributed by atoms with Gasteiger partial charge in [-0.2, -0.15) is 0 Å². The molecule has 2 atom stereocenters. The summed E-state index contributed by atoms with van der Waals surface area (Å²) in [5.41, 5.74) is 0. The Kier molecular flexibility index (Phi) is 3.91. The molecule has 2 unspecified atom stereocenters. The van der Waals surface area contributed by atoms with Gasteiger partial charge in [0.1, 0.15) is 0 Å². The van der Waals surface area contributed by atoms with E-state index in [0.717, 1.165) is 0 Å². The summed E-state index contributed by atoms with van der Waals surface area (Å²) in [4.78, 5) is 7.85. The highest BCUT2D eigenvalue weighted by Crippen LogP contribution is 2.25. The molecule has 1 N–H and O–H groups in total. The van der Waals surface area contributed by atoms with Gasteiger partial charge < -0.3 is 0 Å². The molecule has 0 saturated carbocycles. The summed E-state index contributed by atoms with van der Waals surface area (Å²) in [6.07, 6.45) is 0. The first kappa shape index (κ1) is 6.45. The minimum absolute atomic E-state index is 0.104. The highest BCUT2D eigenvalue weighted by molar-refractivity contribution is 7.45. The zero-order valence-corrected chi connectivity index (χ0v) is 5.11. The predicted molar refractivity (Wildman–Crippen MR) is 25.1 cm³/mol. The van der Waals surface area contributed by atoms with Crippen molar-refractivity contribution < 1.29 is 13.8 Å². The fourth-order valence-corrected chi connectivity index (χ4v) is 0.703. The Labute approximate surface area is 38.5 Å². The first-order chi connectivity index (χ1) is 2.77. The standard InChI is InChI=1S/CH4O3P2/c1-5-4-6(2)3/h5H,1H3/p+1. The fraction of sp³-hybridized carbons (Fsp3) is 1.00. The molecular weight excluding hydrogens is 122 g/mol. The molecule has 5 heteroatoms. The van der Waals surface area contributed by atoms with Crippen LogP contribution in [0.4, 0.5) is 0 Å². The largest absolute Gasteiger partial charge is 0.697 e. The van der Waals surface area contributed by atoms with E-state index in [1.807, 2.05) is 0 Å². The van der Waals surface area contributed by atoms with Crippen molar-refractivity contribution in [2.45, 2.75) is 0 Å². The van der Waals surface area contributed by atoms with Crippen LogP contribution in [0.25, 0.3) is 0 Å². The Morgan fingerprint density at radius 3 is 2.50 bits per heavy atom. The SMILES string of the molecule is CPO[P+](=O)O. The molecule has 0 saturated heterocycles. The molecule has 0 aliphatic heterocycles. The van der Waals surface area contributed by atoms with Gasteiger partial charge in [-0.05, 0) is 6.66 Å². The van der Waals surface area contributed by atoms with E-state index in [2.05, 4.69) is 4.31 Å². The van der Waals surface area contributed by atoms with Gasteiger partial charge in [0.15, 0.2) is 0 Å². The molecule has 0 aromatic carbocycles. The van der Waals surface area contributed by atoms with E-state index in [4.69, 9.17) is 4.89 Å². The Bertz CT molecular complexity index is 52.8. The third kappa shape index (κ3) is 4.45. The number of hydrogen-bond acceptors (Lipinski definition) is 2. The molecule has 6 heavy (non-hydrogen) atoms. The van der Waals surface area contributed by atoms with Crippen LogP contribution in [0.1, 0.15) is 0 Å². The number of rotatable bonds is 2. The van der Waals surface area contributed by atoms with Crippen LogP contribution in [0.5, 0.6) is 0 Å². The third-order valence-corrected chi connectivity index (χ3v) is 1.52. The summed E-state index contributed by atoms with van der Waals surface area (Å²) in [6, 6.07) is 0. The van der Waals surface area contributed by atoms with Crippen molar-refractivity contribution >= 4 is 17.1 Å². The van der Waals surface area contributed by atoms with E-state index in [1.54, 1.807) is 6.66 Å². The zero-order chi connectivity index (χ0) is 4.99. The van der Waals surface area contributed by atoms with Crippen molar-refractivity contribution in [2.75, 3.05) is 6.66 Å². The molecule has 36 valence electrons. The summed E-state index contributed by atoms with van der Waals surface area (Å²) in [6.45, 7) is 1.68. The van der Waals surface area contributed by atoms with Crippen molar-refractivity contribution in [1.29, 1.82) is 0 Å². The quantitative estimate of drug-likeness (QED) is 0.560. The van der Waals surface area contributed by atoms with E-state index < -0.39 is 8.25 Å². The van der Waals surface area contributed by atoms with Crippen LogP contribution >= 0.6 is 17.1 Å². The summed E-state index contributed by atoms with van der Waals surface area (Å²) in [5, 5.41) is 0. The van der Waals surface area contributed by atoms with Crippen molar-refractivity contribution in [3.05, 3.63) is 0 Å². The van der Waals surface area contributed by atoms with Crippen LogP contribution in [0, 0.1) is 0 Å². The lowest BCUT2D eigenvalue weighted by atomic mass is 12.0. The van der Waals surface area contributed by atoms with Gasteiger partial charge in [-0.15, -0.1) is 9.20 Å². The van der Waals surface area contributed by atoms with Crippen LogP contribution in [0.15, 0.2) is 0 Å². The third-order valence-electron chi connectivity index (χ3n) is 0.169. The summed E-state index contributed by atoms with van der Waals surface area (Å²) < 4.78 is 13.7. The molecule has 0 rings (SSSR count). The molecule has 0 radical (unpaired) electrons. The van der Waals surface area contributed by atoms with Gasteiger partial charge in [-0.3, -0.25) is 0 Å². The first-order valence-corrected chi connectivity index (χ1v) is 3.81. The highest BCUT2D eigenvalue weighted by Gasteiger charge is 2.06. The average Bonchev–Trinajstić information content (AvgIpc) is 1.35. The molecular formula is CH5O3P2+. The predicted octanol–water partition coefficient (Wildman–Crippen LogP) is 0.876.